The Balaban J connectivity index is 2.02. The highest BCUT2D eigenvalue weighted by Crippen LogP contribution is 2.37. The first-order valence-corrected chi connectivity index (χ1v) is 9.96. The van der Waals surface area contributed by atoms with Gasteiger partial charge in [-0.05, 0) is 12.5 Å². The lowest BCUT2D eigenvalue weighted by molar-refractivity contribution is -0.137. The van der Waals surface area contributed by atoms with E-state index in [4.69, 9.17) is 4.84 Å². The van der Waals surface area contributed by atoms with Crippen LogP contribution in [-0.2, 0) is 14.9 Å². The minimum Gasteiger partial charge on any atom is -0.352 e. The van der Waals surface area contributed by atoms with E-state index in [1.54, 1.807) is 22.9 Å². The van der Waals surface area contributed by atoms with Gasteiger partial charge in [0, 0.05) is 13.1 Å². The van der Waals surface area contributed by atoms with Gasteiger partial charge >= 0.3 is 6.18 Å². The monoisotopic (exact) mass is 407 g/mol. The first kappa shape index (κ1) is 19.5. The second-order valence-corrected chi connectivity index (χ2v) is 8.22. The third kappa shape index (κ3) is 4.21. The molecule has 3 aliphatic heterocycles. The molecule has 1 N–H and O–H groups in total. The minimum atomic E-state index is -4.30. The average molecular weight is 407 g/mol. The molecule has 3 aliphatic rings. The maximum absolute atomic E-state index is 12.8. The molecule has 150 valence electrons. The van der Waals surface area contributed by atoms with E-state index in [0.717, 1.165) is 6.26 Å². The summed E-state index contributed by atoms with van der Waals surface area (Å²) in [5.41, 5.74) is 1.82. The van der Waals surface area contributed by atoms with Gasteiger partial charge in [-0.25, -0.2) is 18.5 Å². The number of hydrogen-bond acceptors (Lipinski definition) is 7. The quantitative estimate of drug-likeness (QED) is 0.741. The molecular weight excluding hydrogens is 387 g/mol. The van der Waals surface area contributed by atoms with Crippen molar-refractivity contribution in [1.82, 2.24) is 19.6 Å². The van der Waals surface area contributed by atoms with Crippen LogP contribution < -0.4 is 4.72 Å². The lowest BCUT2D eigenvalue weighted by Gasteiger charge is -2.40. The number of fused-ring (bicyclic) bond motifs is 2. The lowest BCUT2D eigenvalue weighted by Crippen LogP contribution is -2.44. The van der Waals surface area contributed by atoms with Gasteiger partial charge in [-0.2, -0.15) is 13.2 Å². The molecule has 0 aromatic rings. The Labute approximate surface area is 155 Å². The Bertz CT molecular complexity index is 860. The fourth-order valence-corrected chi connectivity index (χ4v) is 3.75. The summed E-state index contributed by atoms with van der Waals surface area (Å²) in [6.45, 7) is 1.81. The van der Waals surface area contributed by atoms with Crippen LogP contribution in [0.3, 0.4) is 0 Å². The van der Waals surface area contributed by atoms with E-state index in [1.165, 1.54) is 18.4 Å². The number of nitrogens with one attached hydrogen (secondary N) is 1. The number of hydrogen-bond donors (Lipinski definition) is 1. The summed E-state index contributed by atoms with van der Waals surface area (Å²) in [6, 6.07) is 0. The van der Waals surface area contributed by atoms with Crippen molar-refractivity contribution in [1.29, 1.82) is 0 Å². The SMILES string of the molecule is CON1C=C2C=NC3=C(N(CCC(F)(F)F)CC(C)=C3NS(C)(=O)=O)N2C1. The summed E-state index contributed by atoms with van der Waals surface area (Å²) in [7, 11) is -2.10. The normalized spacial score (nSPS) is 20.2. The van der Waals surface area contributed by atoms with Gasteiger partial charge < -0.3 is 9.80 Å². The topological polar surface area (TPSA) is 77.5 Å². The predicted molar refractivity (Wildman–Crippen MR) is 92.1 cm³/mol. The summed E-state index contributed by atoms with van der Waals surface area (Å²) in [6.07, 6.45) is -1.07. The first-order chi connectivity index (χ1) is 12.5. The minimum absolute atomic E-state index is 0.152. The number of sulfonamides is 1. The van der Waals surface area contributed by atoms with E-state index in [9.17, 15) is 21.6 Å². The smallest absolute Gasteiger partial charge is 0.352 e. The van der Waals surface area contributed by atoms with Gasteiger partial charge in [0.15, 0.2) is 0 Å². The molecule has 0 amide bonds. The van der Waals surface area contributed by atoms with Gasteiger partial charge in [0.1, 0.15) is 18.2 Å². The molecular formula is C15H20F3N5O3S. The van der Waals surface area contributed by atoms with Crippen molar-refractivity contribution >= 4 is 16.2 Å². The van der Waals surface area contributed by atoms with Gasteiger partial charge in [0.05, 0.1) is 43.6 Å². The van der Waals surface area contributed by atoms with E-state index < -0.39 is 22.6 Å². The molecule has 0 saturated heterocycles. The molecule has 0 radical (unpaired) electrons. The van der Waals surface area contributed by atoms with Crippen molar-refractivity contribution in [3.05, 3.63) is 34.7 Å². The highest BCUT2D eigenvalue weighted by molar-refractivity contribution is 7.88. The zero-order valence-corrected chi connectivity index (χ0v) is 15.9. The van der Waals surface area contributed by atoms with Crippen molar-refractivity contribution in [3.63, 3.8) is 0 Å². The zero-order chi connectivity index (χ0) is 20.0. The van der Waals surface area contributed by atoms with Gasteiger partial charge in [0.2, 0.25) is 10.0 Å². The van der Waals surface area contributed by atoms with E-state index in [0.29, 0.717) is 28.5 Å². The second-order valence-electron chi connectivity index (χ2n) is 6.47. The summed E-state index contributed by atoms with van der Waals surface area (Å²) >= 11 is 0. The van der Waals surface area contributed by atoms with E-state index >= 15 is 0 Å². The number of nitrogens with zero attached hydrogens (tertiary/aromatic N) is 4. The summed E-state index contributed by atoms with van der Waals surface area (Å²) < 4.78 is 64.3. The molecule has 8 nitrogen and oxygen atoms in total. The molecule has 0 fully saturated rings. The lowest BCUT2D eigenvalue weighted by atomic mass is 10.1. The van der Waals surface area contributed by atoms with Crippen LogP contribution in [0.2, 0.25) is 0 Å². The Kier molecular flexibility index (Phi) is 4.89. The molecule has 27 heavy (non-hydrogen) atoms. The standard InChI is InChI=1S/C15H20F3N5O3S/c1-10-7-21(5-4-15(16,17)18)14-13(12(10)20-27(3,24)25)19-6-11-8-22(26-2)9-23(11)14/h6,8,20H,4-5,7,9H2,1-3H3. The van der Waals surface area contributed by atoms with Crippen LogP contribution in [0.15, 0.2) is 39.7 Å². The van der Waals surface area contributed by atoms with Crippen LogP contribution in [0.4, 0.5) is 13.2 Å². The molecule has 12 heteroatoms. The molecule has 0 aromatic heterocycles. The number of allylic oxidation sites excluding steroid dienone is 1. The van der Waals surface area contributed by atoms with Gasteiger partial charge in [-0.1, -0.05) is 0 Å². The summed E-state index contributed by atoms with van der Waals surface area (Å²) in [5.74, 6) is 0.421. The Morgan fingerprint density at radius 1 is 1.37 bits per heavy atom. The molecule has 3 rings (SSSR count). The third-order valence-corrected chi connectivity index (χ3v) is 4.82. The molecule has 0 unspecified atom stereocenters. The van der Waals surface area contributed by atoms with Crippen LogP contribution in [0.25, 0.3) is 0 Å². The molecule has 0 saturated carbocycles. The number of aliphatic imine (C=N–C) groups is 1. The molecule has 3 heterocycles. The van der Waals surface area contributed by atoms with Gasteiger partial charge in [0.25, 0.3) is 0 Å². The first-order valence-electron chi connectivity index (χ1n) is 8.06. The van der Waals surface area contributed by atoms with Crippen LogP contribution >= 0.6 is 0 Å². The van der Waals surface area contributed by atoms with Crippen molar-refractivity contribution in [2.45, 2.75) is 19.5 Å². The van der Waals surface area contributed by atoms with E-state index in [-0.39, 0.29) is 19.8 Å². The highest BCUT2D eigenvalue weighted by Gasteiger charge is 2.38. The maximum Gasteiger partial charge on any atom is 0.390 e. The van der Waals surface area contributed by atoms with Crippen LogP contribution in [0.1, 0.15) is 13.3 Å². The molecule has 0 bridgehead atoms. The van der Waals surface area contributed by atoms with Crippen LogP contribution in [0.5, 0.6) is 0 Å². The molecule has 0 aromatic carbocycles. The van der Waals surface area contributed by atoms with Gasteiger partial charge in [-0.15, -0.1) is 0 Å². The molecule has 0 spiro atoms. The van der Waals surface area contributed by atoms with Crippen LogP contribution in [0, 0.1) is 0 Å². The average Bonchev–Trinajstić information content (AvgIpc) is 2.97. The molecule has 0 aliphatic carbocycles. The van der Waals surface area contributed by atoms with Crippen molar-refractivity contribution in [3.8, 4) is 0 Å². The largest absolute Gasteiger partial charge is 0.390 e. The Morgan fingerprint density at radius 3 is 2.67 bits per heavy atom. The predicted octanol–water partition coefficient (Wildman–Crippen LogP) is 1.31. The summed E-state index contributed by atoms with van der Waals surface area (Å²) in [4.78, 5) is 12.8. The molecule has 0 atom stereocenters. The Morgan fingerprint density at radius 2 is 2.07 bits per heavy atom. The van der Waals surface area contributed by atoms with Crippen LogP contribution in [-0.4, -0.2) is 68.8 Å². The number of hydroxylamine groups is 2. The number of rotatable bonds is 5. The number of halogens is 3. The third-order valence-electron chi connectivity index (χ3n) is 4.24. The fourth-order valence-electron chi connectivity index (χ4n) is 3.10. The Hall–Kier alpha value is -2.21. The van der Waals surface area contributed by atoms with E-state index in [1.807, 2.05) is 0 Å². The van der Waals surface area contributed by atoms with Crippen molar-refractivity contribution < 1.29 is 26.4 Å². The number of alkyl halides is 3. The zero-order valence-electron chi connectivity index (χ0n) is 15.0. The van der Waals surface area contributed by atoms with Crippen molar-refractivity contribution in [2.75, 3.05) is 33.1 Å². The summed E-state index contributed by atoms with van der Waals surface area (Å²) in [5, 5.41) is 1.51. The van der Waals surface area contributed by atoms with E-state index in [2.05, 4.69) is 9.71 Å². The van der Waals surface area contributed by atoms with Gasteiger partial charge in [-0.3, -0.25) is 9.56 Å². The second kappa shape index (κ2) is 6.75. The highest BCUT2D eigenvalue weighted by atomic mass is 32.2. The fraction of sp³-hybridized carbons (Fsp3) is 0.533. The maximum atomic E-state index is 12.8. The van der Waals surface area contributed by atoms with Crippen molar-refractivity contribution in [2.24, 2.45) is 4.99 Å².